The molecule has 55 heavy (non-hydrogen) atoms. The molecule has 0 amide bonds. The molecule has 0 N–H and O–H groups in total. The summed E-state index contributed by atoms with van der Waals surface area (Å²) < 4.78 is 23.9. The molecule has 282 valence electrons. The smallest absolute Gasteiger partial charge is 0.121 e. The van der Waals surface area contributed by atoms with Gasteiger partial charge >= 0.3 is 0 Å². The molecule has 0 bridgehead atoms. The predicted octanol–water partition coefficient (Wildman–Crippen LogP) is 13.3. The molecule has 0 radical (unpaired) electrons. The third-order valence-corrected chi connectivity index (χ3v) is 10.6. The van der Waals surface area contributed by atoms with Crippen molar-refractivity contribution in [3.8, 4) is 34.1 Å². The molecule has 6 nitrogen and oxygen atoms in total. The first-order valence-corrected chi connectivity index (χ1v) is 19.8. The van der Waals surface area contributed by atoms with Gasteiger partial charge in [0.15, 0.2) is 0 Å². The Morgan fingerprint density at radius 1 is 0.364 bits per heavy atom. The maximum Gasteiger partial charge on any atom is 0.121 e. The molecule has 6 aromatic rings. The van der Waals surface area contributed by atoms with Crippen LogP contribution in [0.4, 0.5) is 34.1 Å². The first-order valence-electron chi connectivity index (χ1n) is 19.8. The van der Waals surface area contributed by atoms with Gasteiger partial charge in [-0.1, -0.05) is 50.2 Å². The Morgan fingerprint density at radius 3 is 0.927 bits per heavy atom. The summed E-state index contributed by atoms with van der Waals surface area (Å²) in [5.74, 6) is 3.36. The Labute approximate surface area is 326 Å². The molecule has 1 aliphatic carbocycles. The van der Waals surface area contributed by atoms with E-state index in [4.69, 9.17) is 18.9 Å². The second-order valence-corrected chi connectivity index (χ2v) is 13.6. The molecule has 0 saturated carbocycles. The second-order valence-electron chi connectivity index (χ2n) is 13.6. The summed E-state index contributed by atoms with van der Waals surface area (Å²) in [6.07, 6.45) is 1.91. The molecule has 6 aromatic carbocycles. The average Bonchev–Trinajstić information content (AvgIpc) is 3.48. The molecular formula is C49H52N2O4. The minimum absolute atomic E-state index is 0.200. The van der Waals surface area contributed by atoms with E-state index < -0.39 is 0 Å². The zero-order valence-corrected chi connectivity index (χ0v) is 33.0. The van der Waals surface area contributed by atoms with Crippen molar-refractivity contribution in [3.05, 3.63) is 145 Å². The fraction of sp³-hybridized carbons (Fsp3) is 0.265. The minimum atomic E-state index is -0.200. The molecule has 6 heteroatoms. The molecule has 0 aromatic heterocycles. The lowest BCUT2D eigenvalue weighted by molar-refractivity contribution is 0.340. The molecule has 0 saturated heterocycles. The maximum atomic E-state index is 5.98. The van der Waals surface area contributed by atoms with E-state index in [1.54, 1.807) is 0 Å². The molecule has 0 atom stereocenters. The Balaban J connectivity index is 1.38. The summed E-state index contributed by atoms with van der Waals surface area (Å²) in [6, 6.07) is 47.3. The highest BCUT2D eigenvalue weighted by Gasteiger charge is 2.41. The van der Waals surface area contributed by atoms with Crippen LogP contribution in [0.1, 0.15) is 65.5 Å². The molecule has 0 heterocycles. The van der Waals surface area contributed by atoms with E-state index in [1.807, 2.05) is 52.0 Å². The third-order valence-electron chi connectivity index (χ3n) is 10.6. The molecular weight excluding hydrogens is 681 g/mol. The van der Waals surface area contributed by atoms with Gasteiger partial charge in [-0.2, -0.15) is 0 Å². The van der Waals surface area contributed by atoms with Crippen molar-refractivity contribution >= 4 is 34.1 Å². The van der Waals surface area contributed by atoms with Gasteiger partial charge < -0.3 is 28.7 Å². The van der Waals surface area contributed by atoms with Crippen LogP contribution in [0.25, 0.3) is 11.1 Å². The van der Waals surface area contributed by atoms with Crippen LogP contribution in [-0.4, -0.2) is 26.4 Å². The van der Waals surface area contributed by atoms with Gasteiger partial charge in [-0.25, -0.2) is 0 Å². The van der Waals surface area contributed by atoms with Crippen LogP contribution in [0.2, 0.25) is 0 Å². The van der Waals surface area contributed by atoms with Crippen molar-refractivity contribution in [2.75, 3.05) is 36.2 Å². The van der Waals surface area contributed by atoms with E-state index in [9.17, 15) is 0 Å². The Bertz CT molecular complexity index is 1990. The standard InChI is InChI=1S/C49H52N2O4/c1-7-49(8-2)47-33-39(50(35-17-13-21-41(29-35)52-9-3)36-18-14-22-42(30-36)53-10-4)25-27-45(47)46-28-26-40(34-48(46)49)51(37-19-15-23-43(31-37)54-11-5)38-20-16-24-44(32-38)55-12-6/h13-34H,7-12H2,1-6H3. The number of nitrogens with zero attached hydrogens (tertiary/aromatic N) is 2. The van der Waals surface area contributed by atoms with E-state index >= 15 is 0 Å². The zero-order valence-electron chi connectivity index (χ0n) is 33.0. The second kappa shape index (κ2) is 16.6. The lowest BCUT2D eigenvalue weighted by Gasteiger charge is -2.33. The van der Waals surface area contributed by atoms with Gasteiger partial charge in [0.1, 0.15) is 23.0 Å². The van der Waals surface area contributed by atoms with Crippen LogP contribution >= 0.6 is 0 Å². The van der Waals surface area contributed by atoms with E-state index in [0.717, 1.165) is 70.0 Å². The highest BCUT2D eigenvalue weighted by atomic mass is 16.5. The van der Waals surface area contributed by atoms with Crippen molar-refractivity contribution in [3.63, 3.8) is 0 Å². The molecule has 7 rings (SSSR count). The van der Waals surface area contributed by atoms with E-state index in [-0.39, 0.29) is 5.41 Å². The monoisotopic (exact) mass is 732 g/mol. The fourth-order valence-electron chi connectivity index (χ4n) is 8.17. The van der Waals surface area contributed by atoms with E-state index in [2.05, 4.69) is 133 Å². The normalized spacial score (nSPS) is 12.4. The molecule has 1 aliphatic rings. The molecule has 0 fully saturated rings. The van der Waals surface area contributed by atoms with Gasteiger partial charge in [0.25, 0.3) is 0 Å². The summed E-state index contributed by atoms with van der Waals surface area (Å²) in [4.78, 5) is 4.63. The number of hydrogen-bond acceptors (Lipinski definition) is 6. The topological polar surface area (TPSA) is 43.4 Å². The van der Waals surface area contributed by atoms with Crippen LogP contribution in [-0.2, 0) is 5.41 Å². The van der Waals surface area contributed by atoms with Gasteiger partial charge in [0.2, 0.25) is 0 Å². The number of ether oxygens (including phenoxy) is 4. The summed E-state index contributed by atoms with van der Waals surface area (Å²) in [5.41, 5.74) is 11.3. The maximum absolute atomic E-state index is 5.98. The van der Waals surface area contributed by atoms with Crippen LogP contribution in [0.5, 0.6) is 23.0 Å². The zero-order chi connectivity index (χ0) is 38.4. The van der Waals surface area contributed by atoms with E-state index in [1.165, 1.54) is 22.3 Å². The fourth-order valence-corrected chi connectivity index (χ4v) is 8.17. The Hall–Kier alpha value is -5.88. The van der Waals surface area contributed by atoms with Crippen molar-refractivity contribution < 1.29 is 18.9 Å². The van der Waals surface area contributed by atoms with Gasteiger partial charge in [-0.05, 0) is 136 Å². The first kappa shape index (κ1) is 37.4. The molecule has 0 aliphatic heterocycles. The first-order chi connectivity index (χ1) is 27.0. The van der Waals surface area contributed by atoms with Gasteiger partial charge in [-0.3, -0.25) is 0 Å². The van der Waals surface area contributed by atoms with Crippen LogP contribution < -0.4 is 28.7 Å². The SMILES string of the molecule is CCOc1cccc(N(c2cccc(OCC)c2)c2ccc3c(c2)C(CC)(CC)c2cc(N(c4cccc(OCC)c4)c4cccc(OCC)c4)ccc2-3)c1. The summed E-state index contributed by atoms with van der Waals surface area (Å²) in [5, 5.41) is 0. The van der Waals surface area contributed by atoms with Crippen molar-refractivity contribution in [2.45, 2.75) is 59.8 Å². The highest BCUT2D eigenvalue weighted by molar-refractivity contribution is 5.89. The summed E-state index contributed by atoms with van der Waals surface area (Å²) in [6.45, 7) is 15.1. The number of rotatable bonds is 16. The number of benzene rings is 6. The Kier molecular flexibility index (Phi) is 11.3. The van der Waals surface area contributed by atoms with Crippen molar-refractivity contribution in [1.82, 2.24) is 0 Å². The quantitative estimate of drug-likeness (QED) is 0.0987. The van der Waals surface area contributed by atoms with Crippen LogP contribution in [0.15, 0.2) is 133 Å². The lowest BCUT2D eigenvalue weighted by atomic mass is 9.73. The van der Waals surface area contributed by atoms with E-state index in [0.29, 0.717) is 26.4 Å². The minimum Gasteiger partial charge on any atom is -0.494 e. The van der Waals surface area contributed by atoms with Gasteiger partial charge in [0.05, 0.1) is 26.4 Å². The van der Waals surface area contributed by atoms with Crippen LogP contribution in [0, 0.1) is 0 Å². The van der Waals surface area contributed by atoms with Gasteiger partial charge in [-0.15, -0.1) is 0 Å². The molecule has 0 spiro atoms. The average molecular weight is 733 g/mol. The number of anilines is 6. The lowest BCUT2D eigenvalue weighted by Crippen LogP contribution is -2.24. The number of fused-ring (bicyclic) bond motifs is 3. The molecule has 0 unspecified atom stereocenters. The number of hydrogen-bond donors (Lipinski definition) is 0. The largest absolute Gasteiger partial charge is 0.494 e. The summed E-state index contributed by atoms with van der Waals surface area (Å²) in [7, 11) is 0. The van der Waals surface area contributed by atoms with Crippen molar-refractivity contribution in [1.29, 1.82) is 0 Å². The van der Waals surface area contributed by atoms with Crippen molar-refractivity contribution in [2.24, 2.45) is 0 Å². The highest BCUT2D eigenvalue weighted by Crippen LogP contribution is 2.56. The Morgan fingerprint density at radius 2 is 0.655 bits per heavy atom. The predicted molar refractivity (Wildman–Crippen MR) is 227 cm³/mol. The van der Waals surface area contributed by atoms with Crippen LogP contribution in [0.3, 0.4) is 0 Å². The third kappa shape index (κ3) is 7.34. The summed E-state index contributed by atoms with van der Waals surface area (Å²) >= 11 is 0. The van der Waals surface area contributed by atoms with Gasteiger partial charge in [0, 0.05) is 63.8 Å².